The highest BCUT2D eigenvalue weighted by Crippen LogP contribution is 2.11. The predicted molar refractivity (Wildman–Crippen MR) is 49.4 cm³/mol. The minimum Gasteiger partial charge on any atom is -0.387 e. The minimum absolute atomic E-state index is 0. The van der Waals surface area contributed by atoms with Gasteiger partial charge in [0.15, 0.2) is 0 Å². The van der Waals surface area contributed by atoms with Crippen LogP contribution in [-0.4, -0.2) is 12.4 Å². The number of rotatable bonds is 0. The molecule has 1 heterocycles. The van der Waals surface area contributed by atoms with E-state index in [-0.39, 0.29) is 24.8 Å². The van der Waals surface area contributed by atoms with Gasteiger partial charge in [0.1, 0.15) is 0 Å². The van der Waals surface area contributed by atoms with Gasteiger partial charge in [0, 0.05) is 13.0 Å². The fraction of sp³-hybridized carbons (Fsp3) is 0.833. The third-order valence-corrected chi connectivity index (χ3v) is 1.49. The molecular formula is C6H14Cl2N2. The SMILES string of the molecule is CC1CCN=C(N)C1.Cl.Cl. The zero-order chi connectivity index (χ0) is 5.98. The number of aliphatic imine (C=N–C) groups is 1. The largest absolute Gasteiger partial charge is 0.387 e. The fourth-order valence-electron chi connectivity index (χ4n) is 0.952. The van der Waals surface area contributed by atoms with Gasteiger partial charge in [0.05, 0.1) is 5.84 Å². The first-order valence-electron chi connectivity index (χ1n) is 3.08. The van der Waals surface area contributed by atoms with E-state index in [2.05, 4.69) is 11.9 Å². The Kier molecular flexibility index (Phi) is 7.38. The van der Waals surface area contributed by atoms with Gasteiger partial charge in [-0.15, -0.1) is 24.8 Å². The second-order valence-corrected chi connectivity index (χ2v) is 2.47. The molecule has 1 aliphatic heterocycles. The Balaban J connectivity index is 0. The van der Waals surface area contributed by atoms with Crippen LogP contribution >= 0.6 is 24.8 Å². The predicted octanol–water partition coefficient (Wildman–Crippen LogP) is 1.62. The zero-order valence-electron chi connectivity index (χ0n) is 6.04. The Morgan fingerprint density at radius 3 is 2.40 bits per heavy atom. The van der Waals surface area contributed by atoms with Crippen molar-refractivity contribution in [2.45, 2.75) is 19.8 Å². The van der Waals surface area contributed by atoms with Crippen molar-refractivity contribution in [2.75, 3.05) is 6.54 Å². The van der Waals surface area contributed by atoms with Gasteiger partial charge in [-0.25, -0.2) is 0 Å². The van der Waals surface area contributed by atoms with Crippen LogP contribution in [0.3, 0.4) is 0 Å². The lowest BCUT2D eigenvalue weighted by molar-refractivity contribution is 0.538. The molecular weight excluding hydrogens is 171 g/mol. The monoisotopic (exact) mass is 184 g/mol. The highest BCUT2D eigenvalue weighted by Gasteiger charge is 2.07. The molecule has 0 spiro atoms. The van der Waals surface area contributed by atoms with Crippen molar-refractivity contribution >= 4 is 30.6 Å². The molecule has 1 unspecified atom stereocenters. The summed E-state index contributed by atoms with van der Waals surface area (Å²) in [7, 11) is 0. The average Bonchev–Trinajstić information content (AvgIpc) is 1.64. The van der Waals surface area contributed by atoms with Crippen molar-refractivity contribution < 1.29 is 0 Å². The summed E-state index contributed by atoms with van der Waals surface area (Å²) in [5.41, 5.74) is 5.48. The molecule has 62 valence electrons. The lowest BCUT2D eigenvalue weighted by Crippen LogP contribution is -2.20. The minimum atomic E-state index is 0. The molecule has 2 nitrogen and oxygen atoms in total. The fourth-order valence-corrected chi connectivity index (χ4v) is 0.952. The van der Waals surface area contributed by atoms with Gasteiger partial charge in [-0.05, 0) is 12.3 Å². The molecule has 0 saturated heterocycles. The highest BCUT2D eigenvalue weighted by molar-refractivity contribution is 5.85. The van der Waals surface area contributed by atoms with Crippen LogP contribution in [0.25, 0.3) is 0 Å². The lowest BCUT2D eigenvalue weighted by Gasteiger charge is -2.13. The van der Waals surface area contributed by atoms with Crippen molar-refractivity contribution in [2.24, 2.45) is 16.6 Å². The van der Waals surface area contributed by atoms with Gasteiger partial charge in [-0.1, -0.05) is 6.92 Å². The van der Waals surface area contributed by atoms with Gasteiger partial charge in [0.2, 0.25) is 0 Å². The van der Waals surface area contributed by atoms with Gasteiger partial charge in [-0.2, -0.15) is 0 Å². The summed E-state index contributed by atoms with van der Waals surface area (Å²) in [6, 6.07) is 0. The van der Waals surface area contributed by atoms with Crippen molar-refractivity contribution in [3.8, 4) is 0 Å². The first-order chi connectivity index (χ1) is 3.79. The van der Waals surface area contributed by atoms with Crippen molar-refractivity contribution in [1.29, 1.82) is 0 Å². The van der Waals surface area contributed by atoms with Gasteiger partial charge >= 0.3 is 0 Å². The number of nitrogens with two attached hydrogens (primary N) is 1. The van der Waals surface area contributed by atoms with E-state index in [1.807, 2.05) is 0 Å². The standard InChI is InChI=1S/C6H12N2.2ClH/c1-5-2-3-8-6(7)4-5;;/h5H,2-4H2,1H3,(H2,7,8);2*1H. The van der Waals surface area contributed by atoms with E-state index < -0.39 is 0 Å². The molecule has 10 heavy (non-hydrogen) atoms. The van der Waals surface area contributed by atoms with Crippen LogP contribution in [0.2, 0.25) is 0 Å². The van der Waals surface area contributed by atoms with Gasteiger partial charge in [0.25, 0.3) is 0 Å². The summed E-state index contributed by atoms with van der Waals surface area (Å²) >= 11 is 0. The molecule has 1 atom stereocenters. The van der Waals surface area contributed by atoms with Crippen LogP contribution in [0.1, 0.15) is 19.8 Å². The Labute approximate surface area is 74.1 Å². The van der Waals surface area contributed by atoms with E-state index in [4.69, 9.17) is 5.73 Å². The molecule has 0 radical (unpaired) electrons. The number of nitrogens with zero attached hydrogens (tertiary/aromatic N) is 1. The van der Waals surface area contributed by atoms with E-state index in [0.29, 0.717) is 0 Å². The maximum absolute atomic E-state index is 5.48. The molecule has 0 saturated carbocycles. The molecule has 0 fully saturated rings. The lowest BCUT2D eigenvalue weighted by atomic mass is 10.0. The summed E-state index contributed by atoms with van der Waals surface area (Å²) in [6.07, 6.45) is 2.21. The molecule has 0 amide bonds. The summed E-state index contributed by atoms with van der Waals surface area (Å²) < 4.78 is 0. The number of hydrogen-bond donors (Lipinski definition) is 1. The van der Waals surface area contributed by atoms with Crippen LogP contribution in [0.5, 0.6) is 0 Å². The molecule has 4 heteroatoms. The second kappa shape index (κ2) is 5.81. The molecule has 0 aromatic rings. The van der Waals surface area contributed by atoms with Gasteiger partial charge in [-0.3, -0.25) is 4.99 Å². The molecule has 2 N–H and O–H groups in total. The molecule has 0 aliphatic carbocycles. The first kappa shape index (κ1) is 12.7. The van der Waals surface area contributed by atoms with E-state index >= 15 is 0 Å². The Morgan fingerprint density at radius 1 is 1.50 bits per heavy atom. The molecule has 0 aromatic carbocycles. The highest BCUT2D eigenvalue weighted by atomic mass is 35.5. The van der Waals surface area contributed by atoms with Crippen molar-refractivity contribution in [3.63, 3.8) is 0 Å². The summed E-state index contributed by atoms with van der Waals surface area (Å²) in [5, 5.41) is 0. The summed E-state index contributed by atoms with van der Waals surface area (Å²) in [4.78, 5) is 4.07. The van der Waals surface area contributed by atoms with Crippen LogP contribution in [0.4, 0.5) is 0 Å². The molecule has 1 aliphatic rings. The van der Waals surface area contributed by atoms with E-state index in [9.17, 15) is 0 Å². The quantitative estimate of drug-likeness (QED) is 0.611. The third-order valence-electron chi connectivity index (χ3n) is 1.49. The zero-order valence-corrected chi connectivity index (χ0v) is 7.67. The Morgan fingerprint density at radius 2 is 2.10 bits per heavy atom. The van der Waals surface area contributed by atoms with E-state index in [1.54, 1.807) is 0 Å². The van der Waals surface area contributed by atoms with Crippen LogP contribution in [-0.2, 0) is 0 Å². The molecule has 0 aromatic heterocycles. The molecule has 1 rings (SSSR count). The Bertz CT molecular complexity index is 114. The third kappa shape index (κ3) is 3.96. The van der Waals surface area contributed by atoms with E-state index in [1.165, 1.54) is 6.42 Å². The van der Waals surface area contributed by atoms with Crippen LogP contribution < -0.4 is 5.73 Å². The molecule has 0 bridgehead atoms. The topological polar surface area (TPSA) is 38.4 Å². The normalized spacial score (nSPS) is 23.7. The first-order valence-corrected chi connectivity index (χ1v) is 3.08. The van der Waals surface area contributed by atoms with Crippen molar-refractivity contribution in [1.82, 2.24) is 0 Å². The Hall–Kier alpha value is 0.0500. The average molecular weight is 185 g/mol. The van der Waals surface area contributed by atoms with Crippen LogP contribution in [0, 0.1) is 5.92 Å². The van der Waals surface area contributed by atoms with E-state index in [0.717, 1.165) is 24.7 Å². The van der Waals surface area contributed by atoms with Crippen LogP contribution in [0.15, 0.2) is 4.99 Å². The summed E-state index contributed by atoms with van der Waals surface area (Å²) in [6.45, 7) is 3.15. The summed E-state index contributed by atoms with van der Waals surface area (Å²) in [5.74, 6) is 1.59. The number of halogens is 2. The maximum atomic E-state index is 5.48. The smallest absolute Gasteiger partial charge is 0.0939 e. The number of hydrogen-bond acceptors (Lipinski definition) is 2. The number of amidine groups is 1. The van der Waals surface area contributed by atoms with Crippen molar-refractivity contribution in [3.05, 3.63) is 0 Å². The van der Waals surface area contributed by atoms with Gasteiger partial charge < -0.3 is 5.73 Å². The second-order valence-electron chi connectivity index (χ2n) is 2.47. The maximum Gasteiger partial charge on any atom is 0.0939 e.